The van der Waals surface area contributed by atoms with Gasteiger partial charge in [-0.2, -0.15) is 0 Å². The lowest BCUT2D eigenvalue weighted by Crippen LogP contribution is -2.00. The van der Waals surface area contributed by atoms with Gasteiger partial charge in [0, 0.05) is 11.4 Å². The highest BCUT2D eigenvalue weighted by atomic mass is 32.1. The van der Waals surface area contributed by atoms with E-state index in [1.54, 1.807) is 11.3 Å². The number of hydrogen-bond donors (Lipinski definition) is 1. The van der Waals surface area contributed by atoms with E-state index in [0.717, 1.165) is 21.3 Å². The zero-order valence-electron chi connectivity index (χ0n) is 12.6. The van der Waals surface area contributed by atoms with Crippen LogP contribution in [0.4, 0.5) is 0 Å². The smallest absolute Gasteiger partial charge is 0.140 e. The normalized spacial score (nSPS) is 11.1. The fraction of sp³-hybridized carbons (Fsp3) is 0.438. The molecule has 0 saturated heterocycles. The number of thiazole rings is 1. The van der Waals surface area contributed by atoms with Gasteiger partial charge in [0.15, 0.2) is 0 Å². The summed E-state index contributed by atoms with van der Waals surface area (Å²) in [7, 11) is 0. The molecule has 1 aromatic carbocycles. The van der Waals surface area contributed by atoms with Crippen LogP contribution < -0.4 is 10.5 Å². The first kappa shape index (κ1) is 15.0. The van der Waals surface area contributed by atoms with Gasteiger partial charge in [0.2, 0.25) is 0 Å². The summed E-state index contributed by atoms with van der Waals surface area (Å²) in [5, 5.41) is 0.985. The van der Waals surface area contributed by atoms with Gasteiger partial charge in [-0.25, -0.2) is 4.98 Å². The summed E-state index contributed by atoms with van der Waals surface area (Å²) in [6, 6.07) is 6.37. The van der Waals surface area contributed by atoms with Crippen molar-refractivity contribution < 1.29 is 4.74 Å². The molecule has 3 nitrogen and oxygen atoms in total. The first-order chi connectivity index (χ1) is 9.51. The molecule has 0 saturated carbocycles. The van der Waals surface area contributed by atoms with Crippen LogP contribution in [0.2, 0.25) is 0 Å². The Bertz CT molecular complexity index is 590. The van der Waals surface area contributed by atoms with Gasteiger partial charge in [-0.15, -0.1) is 11.3 Å². The monoisotopic (exact) mass is 290 g/mol. The predicted molar refractivity (Wildman–Crippen MR) is 84.3 cm³/mol. The summed E-state index contributed by atoms with van der Waals surface area (Å²) in [5.74, 6) is 1.41. The second kappa shape index (κ2) is 6.37. The van der Waals surface area contributed by atoms with Crippen LogP contribution >= 0.6 is 11.3 Å². The highest BCUT2D eigenvalue weighted by Crippen LogP contribution is 2.28. The second-order valence-corrected chi connectivity index (χ2v) is 6.47. The Morgan fingerprint density at radius 1 is 1.30 bits per heavy atom. The van der Waals surface area contributed by atoms with Crippen molar-refractivity contribution in [3.63, 3.8) is 0 Å². The molecule has 0 aliphatic rings. The summed E-state index contributed by atoms with van der Waals surface area (Å²) in [6.07, 6.45) is 0. The Morgan fingerprint density at radius 2 is 2.05 bits per heavy atom. The van der Waals surface area contributed by atoms with E-state index in [2.05, 4.69) is 44.0 Å². The van der Waals surface area contributed by atoms with Gasteiger partial charge in [-0.1, -0.05) is 26.0 Å². The largest absolute Gasteiger partial charge is 0.486 e. The molecule has 0 aliphatic heterocycles. The number of rotatable bonds is 5. The van der Waals surface area contributed by atoms with Crippen molar-refractivity contribution in [2.75, 3.05) is 0 Å². The molecule has 0 spiro atoms. The van der Waals surface area contributed by atoms with Gasteiger partial charge in [0.1, 0.15) is 17.4 Å². The van der Waals surface area contributed by atoms with Crippen LogP contribution in [-0.4, -0.2) is 4.98 Å². The standard InChI is InChI=1S/C16H22N2OS/c1-10(2)13-6-5-11(3)7-14(13)19-9-16-18-12(4)15(8-17)20-16/h5-7,10H,8-9,17H2,1-4H3. The first-order valence-corrected chi connectivity index (χ1v) is 7.71. The molecule has 0 aliphatic carbocycles. The number of nitrogens with zero attached hydrogens (tertiary/aromatic N) is 1. The zero-order valence-corrected chi connectivity index (χ0v) is 13.4. The summed E-state index contributed by atoms with van der Waals surface area (Å²) < 4.78 is 5.99. The maximum absolute atomic E-state index is 5.99. The van der Waals surface area contributed by atoms with E-state index in [1.807, 2.05) is 6.92 Å². The Morgan fingerprint density at radius 3 is 2.65 bits per heavy atom. The van der Waals surface area contributed by atoms with E-state index < -0.39 is 0 Å². The third-order valence-corrected chi connectivity index (χ3v) is 4.42. The van der Waals surface area contributed by atoms with Crippen LogP contribution in [0.25, 0.3) is 0 Å². The second-order valence-electron chi connectivity index (χ2n) is 5.30. The lowest BCUT2D eigenvalue weighted by atomic mass is 10.0. The number of aryl methyl sites for hydroxylation is 2. The average Bonchev–Trinajstić information content (AvgIpc) is 2.76. The van der Waals surface area contributed by atoms with E-state index in [1.165, 1.54) is 11.1 Å². The number of nitrogens with two attached hydrogens (primary N) is 1. The van der Waals surface area contributed by atoms with E-state index in [-0.39, 0.29) is 0 Å². The Labute approximate surface area is 124 Å². The molecular weight excluding hydrogens is 268 g/mol. The quantitative estimate of drug-likeness (QED) is 0.908. The summed E-state index contributed by atoms with van der Waals surface area (Å²) in [4.78, 5) is 5.64. The molecule has 0 unspecified atom stereocenters. The summed E-state index contributed by atoms with van der Waals surface area (Å²) in [5.41, 5.74) is 9.15. The summed E-state index contributed by atoms with van der Waals surface area (Å²) in [6.45, 7) is 9.49. The van der Waals surface area contributed by atoms with E-state index in [9.17, 15) is 0 Å². The minimum Gasteiger partial charge on any atom is -0.486 e. The number of aromatic nitrogens is 1. The van der Waals surface area contributed by atoms with Crippen LogP contribution in [0.5, 0.6) is 5.75 Å². The number of ether oxygens (including phenoxy) is 1. The SMILES string of the molecule is Cc1ccc(C(C)C)c(OCc2nc(C)c(CN)s2)c1. The third-order valence-electron chi connectivity index (χ3n) is 3.26. The van der Waals surface area contributed by atoms with Crippen molar-refractivity contribution in [1.82, 2.24) is 4.98 Å². The van der Waals surface area contributed by atoms with Crippen molar-refractivity contribution in [1.29, 1.82) is 0 Å². The van der Waals surface area contributed by atoms with E-state index >= 15 is 0 Å². The molecule has 2 rings (SSSR count). The minimum atomic E-state index is 0.447. The van der Waals surface area contributed by atoms with Crippen molar-refractivity contribution in [3.8, 4) is 5.75 Å². The fourth-order valence-corrected chi connectivity index (χ4v) is 2.98. The molecule has 0 bridgehead atoms. The van der Waals surface area contributed by atoms with Crippen molar-refractivity contribution in [2.24, 2.45) is 5.73 Å². The number of hydrogen-bond acceptors (Lipinski definition) is 4. The van der Waals surface area contributed by atoms with Crippen LogP contribution in [0.1, 0.15) is 46.5 Å². The molecule has 4 heteroatoms. The van der Waals surface area contributed by atoms with Crippen molar-refractivity contribution in [2.45, 2.75) is 46.8 Å². The maximum Gasteiger partial charge on any atom is 0.140 e. The topological polar surface area (TPSA) is 48.1 Å². The van der Waals surface area contributed by atoms with Gasteiger partial charge in [-0.05, 0) is 37.0 Å². The Hall–Kier alpha value is -1.39. The predicted octanol–water partition coefficient (Wildman–Crippen LogP) is 3.92. The minimum absolute atomic E-state index is 0.447. The molecule has 1 heterocycles. The fourth-order valence-electron chi connectivity index (χ4n) is 2.12. The molecule has 0 atom stereocenters. The van der Waals surface area contributed by atoms with Crippen LogP contribution in [0.15, 0.2) is 18.2 Å². The molecule has 2 aromatic rings. The average molecular weight is 290 g/mol. The van der Waals surface area contributed by atoms with E-state index in [0.29, 0.717) is 19.1 Å². The molecule has 0 amide bonds. The van der Waals surface area contributed by atoms with Crippen molar-refractivity contribution in [3.05, 3.63) is 44.9 Å². The van der Waals surface area contributed by atoms with E-state index in [4.69, 9.17) is 10.5 Å². The summed E-state index contributed by atoms with van der Waals surface area (Å²) >= 11 is 1.64. The van der Waals surface area contributed by atoms with Gasteiger partial charge in [-0.3, -0.25) is 0 Å². The molecule has 2 N–H and O–H groups in total. The lowest BCUT2D eigenvalue weighted by molar-refractivity contribution is 0.301. The molecule has 0 radical (unpaired) electrons. The van der Waals surface area contributed by atoms with Crippen LogP contribution in [0.3, 0.4) is 0 Å². The van der Waals surface area contributed by atoms with Crippen LogP contribution in [0, 0.1) is 13.8 Å². The third kappa shape index (κ3) is 3.38. The first-order valence-electron chi connectivity index (χ1n) is 6.90. The Balaban J connectivity index is 2.15. The Kier molecular flexibility index (Phi) is 4.78. The maximum atomic E-state index is 5.99. The zero-order chi connectivity index (χ0) is 14.7. The number of benzene rings is 1. The molecular formula is C16H22N2OS. The highest BCUT2D eigenvalue weighted by Gasteiger charge is 2.11. The molecule has 0 fully saturated rings. The van der Waals surface area contributed by atoms with Gasteiger partial charge >= 0.3 is 0 Å². The highest BCUT2D eigenvalue weighted by molar-refractivity contribution is 7.11. The molecule has 20 heavy (non-hydrogen) atoms. The van der Waals surface area contributed by atoms with Gasteiger partial charge in [0.05, 0.1) is 5.69 Å². The van der Waals surface area contributed by atoms with Crippen LogP contribution in [-0.2, 0) is 13.2 Å². The van der Waals surface area contributed by atoms with Gasteiger partial charge < -0.3 is 10.5 Å². The van der Waals surface area contributed by atoms with Crippen molar-refractivity contribution >= 4 is 11.3 Å². The molecule has 108 valence electrons. The van der Waals surface area contributed by atoms with Gasteiger partial charge in [0.25, 0.3) is 0 Å². The molecule has 1 aromatic heterocycles. The lowest BCUT2D eigenvalue weighted by Gasteiger charge is -2.14.